The van der Waals surface area contributed by atoms with Crippen LogP contribution in [0.4, 0.5) is 0 Å². The number of hydrogen-bond donors (Lipinski definition) is 0. The first-order chi connectivity index (χ1) is 34.0. The Bertz CT molecular complexity index is 1560. The molecular formula is C63H98O6. The molecule has 0 radical (unpaired) electrons. The molecule has 0 aromatic rings. The Morgan fingerprint density at radius 3 is 0.913 bits per heavy atom. The molecule has 0 aliphatic carbocycles. The number of rotatable bonds is 47. The number of carbonyl (C=O) groups excluding carboxylic acids is 3. The van der Waals surface area contributed by atoms with Gasteiger partial charge in [-0.15, -0.1) is 0 Å². The smallest absolute Gasteiger partial charge is 0.306 e. The maximum absolute atomic E-state index is 12.8. The van der Waals surface area contributed by atoms with Gasteiger partial charge in [0.05, 0.1) is 0 Å². The third-order valence-corrected chi connectivity index (χ3v) is 10.8. The third-order valence-electron chi connectivity index (χ3n) is 10.8. The summed E-state index contributed by atoms with van der Waals surface area (Å²) < 4.78 is 16.7. The van der Waals surface area contributed by atoms with Crippen molar-refractivity contribution in [2.75, 3.05) is 13.2 Å². The summed E-state index contributed by atoms with van der Waals surface area (Å²) in [4.78, 5) is 38.0. The molecule has 0 N–H and O–H groups in total. The fourth-order valence-corrected chi connectivity index (χ4v) is 6.72. The lowest BCUT2D eigenvalue weighted by Gasteiger charge is -2.18. The van der Waals surface area contributed by atoms with Crippen LogP contribution >= 0.6 is 0 Å². The summed E-state index contributed by atoms with van der Waals surface area (Å²) in [6.07, 6.45) is 79.9. The van der Waals surface area contributed by atoms with E-state index in [4.69, 9.17) is 14.2 Å². The van der Waals surface area contributed by atoms with Gasteiger partial charge in [-0.3, -0.25) is 14.4 Å². The second-order valence-corrected chi connectivity index (χ2v) is 17.4. The second kappa shape index (κ2) is 55.9. The van der Waals surface area contributed by atoms with Crippen LogP contribution in [0.5, 0.6) is 0 Å². The van der Waals surface area contributed by atoms with Gasteiger partial charge in [0, 0.05) is 19.3 Å². The lowest BCUT2D eigenvalue weighted by molar-refractivity contribution is -0.166. The molecular weight excluding hydrogens is 853 g/mol. The standard InChI is InChI=1S/C63H98O6/c1-4-7-10-13-16-19-22-25-28-31-34-37-40-43-46-49-52-55-61(64)67-58-60(69-63(66)57-54-51-48-45-42-39-36-33-30-27-24-21-18-15-12-9-6-3)59-68-62(65)56-53-50-47-44-41-38-35-32-29-26-23-20-17-14-11-8-5-2/h7,10,16,18-19,21,25-30,34-39,43-48,60H,4-6,8-9,11-15,17,20,22-24,31-33,40-42,49-59H2,1-3H3/b10-7-,19-16-,21-18-,28-25-,29-26-,30-27-,37-34-,38-35-,39-36-,46-43-,47-44-,48-45-. The summed E-state index contributed by atoms with van der Waals surface area (Å²) in [6, 6.07) is 0. The molecule has 0 aliphatic rings. The SMILES string of the molecule is CC/C=C\C/C=C\C/C=C\C/C=C\C/C=C\CCCC(=O)OCC(COC(=O)CCC/C=C\C/C=C\C/C=C\CCCCCCCC)OC(=O)CCC/C=C\C/C=C\C/C=C\C/C=C\CCCCC. The largest absolute Gasteiger partial charge is 0.462 e. The minimum absolute atomic E-state index is 0.150. The molecule has 6 nitrogen and oxygen atoms in total. The number of ether oxygens (including phenoxy) is 3. The monoisotopic (exact) mass is 951 g/mol. The van der Waals surface area contributed by atoms with E-state index in [1.165, 1.54) is 70.6 Å². The topological polar surface area (TPSA) is 78.9 Å². The van der Waals surface area contributed by atoms with Crippen LogP contribution in [0.15, 0.2) is 146 Å². The number of unbranched alkanes of at least 4 members (excludes halogenated alkanes) is 12. The van der Waals surface area contributed by atoms with E-state index in [9.17, 15) is 14.4 Å². The molecule has 0 aliphatic heterocycles. The van der Waals surface area contributed by atoms with Crippen molar-refractivity contribution in [3.8, 4) is 0 Å². The van der Waals surface area contributed by atoms with Gasteiger partial charge in [-0.1, -0.05) is 212 Å². The average molecular weight is 951 g/mol. The van der Waals surface area contributed by atoms with Gasteiger partial charge in [-0.05, 0) is 128 Å². The van der Waals surface area contributed by atoms with Crippen LogP contribution in [-0.4, -0.2) is 37.2 Å². The van der Waals surface area contributed by atoms with Gasteiger partial charge in [0.15, 0.2) is 6.10 Å². The van der Waals surface area contributed by atoms with Crippen LogP contribution in [-0.2, 0) is 28.6 Å². The van der Waals surface area contributed by atoms with Crippen molar-refractivity contribution < 1.29 is 28.6 Å². The van der Waals surface area contributed by atoms with E-state index in [0.29, 0.717) is 19.3 Å². The van der Waals surface area contributed by atoms with Crippen LogP contribution in [0.2, 0.25) is 0 Å². The summed E-state index contributed by atoms with van der Waals surface area (Å²) in [7, 11) is 0. The Kier molecular flexibility index (Phi) is 52.1. The molecule has 0 saturated heterocycles. The highest BCUT2D eigenvalue weighted by atomic mass is 16.6. The van der Waals surface area contributed by atoms with Crippen molar-refractivity contribution in [3.63, 3.8) is 0 Å². The molecule has 0 saturated carbocycles. The van der Waals surface area contributed by atoms with Crippen LogP contribution in [0.3, 0.4) is 0 Å². The maximum Gasteiger partial charge on any atom is 0.306 e. The lowest BCUT2D eigenvalue weighted by atomic mass is 10.1. The van der Waals surface area contributed by atoms with Crippen molar-refractivity contribution >= 4 is 17.9 Å². The highest BCUT2D eigenvalue weighted by Gasteiger charge is 2.19. The summed E-state index contributed by atoms with van der Waals surface area (Å²) in [5.41, 5.74) is 0. The molecule has 1 atom stereocenters. The van der Waals surface area contributed by atoms with Crippen LogP contribution < -0.4 is 0 Å². The minimum atomic E-state index is -0.856. The molecule has 0 aromatic carbocycles. The molecule has 0 spiro atoms. The summed E-state index contributed by atoms with van der Waals surface area (Å²) >= 11 is 0. The van der Waals surface area contributed by atoms with Crippen molar-refractivity contribution in [2.24, 2.45) is 0 Å². The molecule has 386 valence electrons. The van der Waals surface area contributed by atoms with E-state index >= 15 is 0 Å². The Hall–Kier alpha value is -4.71. The fourth-order valence-electron chi connectivity index (χ4n) is 6.72. The average Bonchev–Trinajstić information content (AvgIpc) is 3.35. The van der Waals surface area contributed by atoms with E-state index in [-0.39, 0.29) is 44.4 Å². The molecule has 0 aromatic heterocycles. The zero-order valence-corrected chi connectivity index (χ0v) is 44.0. The van der Waals surface area contributed by atoms with Gasteiger partial charge in [0.1, 0.15) is 13.2 Å². The number of carbonyl (C=O) groups is 3. The molecule has 69 heavy (non-hydrogen) atoms. The quantitative estimate of drug-likeness (QED) is 0.0262. The molecule has 0 heterocycles. The zero-order valence-electron chi connectivity index (χ0n) is 44.0. The molecule has 0 amide bonds. The third kappa shape index (κ3) is 54.1. The van der Waals surface area contributed by atoms with Crippen molar-refractivity contribution in [1.29, 1.82) is 0 Å². The maximum atomic E-state index is 12.8. The highest BCUT2D eigenvalue weighted by Crippen LogP contribution is 2.10. The molecule has 1 unspecified atom stereocenters. The van der Waals surface area contributed by atoms with E-state index < -0.39 is 12.1 Å². The van der Waals surface area contributed by atoms with E-state index in [1.54, 1.807) is 0 Å². The number of allylic oxidation sites excluding steroid dienone is 24. The first-order valence-corrected chi connectivity index (χ1v) is 27.3. The zero-order chi connectivity index (χ0) is 50.0. The number of hydrogen-bond acceptors (Lipinski definition) is 6. The van der Waals surface area contributed by atoms with Crippen molar-refractivity contribution in [1.82, 2.24) is 0 Å². The first kappa shape index (κ1) is 64.3. The Morgan fingerprint density at radius 1 is 0.304 bits per heavy atom. The lowest BCUT2D eigenvalue weighted by Crippen LogP contribution is -2.30. The first-order valence-electron chi connectivity index (χ1n) is 27.3. The Labute approximate surface area is 423 Å². The Morgan fingerprint density at radius 2 is 0.565 bits per heavy atom. The van der Waals surface area contributed by atoms with Crippen LogP contribution in [0.1, 0.15) is 213 Å². The van der Waals surface area contributed by atoms with Crippen LogP contribution in [0, 0.1) is 0 Å². The summed E-state index contributed by atoms with van der Waals surface area (Å²) in [6.45, 7) is 6.33. The minimum Gasteiger partial charge on any atom is -0.462 e. The predicted octanol–water partition coefficient (Wildman–Crippen LogP) is 18.4. The summed E-state index contributed by atoms with van der Waals surface area (Å²) in [5.74, 6) is -1.12. The predicted molar refractivity (Wildman–Crippen MR) is 297 cm³/mol. The summed E-state index contributed by atoms with van der Waals surface area (Å²) in [5, 5.41) is 0. The molecule has 0 fully saturated rings. The molecule has 6 heteroatoms. The van der Waals surface area contributed by atoms with E-state index in [1.807, 2.05) is 0 Å². The molecule has 0 bridgehead atoms. The van der Waals surface area contributed by atoms with Gasteiger partial charge in [0.2, 0.25) is 0 Å². The van der Waals surface area contributed by atoms with Crippen LogP contribution in [0.25, 0.3) is 0 Å². The van der Waals surface area contributed by atoms with E-state index in [2.05, 4.69) is 167 Å². The fraction of sp³-hybridized carbons (Fsp3) is 0.571. The van der Waals surface area contributed by atoms with Gasteiger partial charge >= 0.3 is 17.9 Å². The van der Waals surface area contributed by atoms with Crippen molar-refractivity contribution in [3.05, 3.63) is 146 Å². The van der Waals surface area contributed by atoms with Gasteiger partial charge in [-0.2, -0.15) is 0 Å². The highest BCUT2D eigenvalue weighted by molar-refractivity contribution is 5.71. The van der Waals surface area contributed by atoms with E-state index in [0.717, 1.165) is 83.5 Å². The second-order valence-electron chi connectivity index (χ2n) is 17.4. The number of esters is 3. The van der Waals surface area contributed by atoms with Gasteiger partial charge < -0.3 is 14.2 Å². The normalized spacial score (nSPS) is 13.3. The van der Waals surface area contributed by atoms with Gasteiger partial charge in [-0.25, -0.2) is 0 Å². The Balaban J connectivity index is 4.67. The van der Waals surface area contributed by atoms with Gasteiger partial charge in [0.25, 0.3) is 0 Å². The van der Waals surface area contributed by atoms with Crippen molar-refractivity contribution in [2.45, 2.75) is 219 Å². The molecule has 0 rings (SSSR count).